The number of phenolic OH excluding ortho intramolecular Hbond substituents is 3. The molecule has 0 radical (unpaired) electrons. The van der Waals surface area contributed by atoms with Crippen molar-refractivity contribution in [3.8, 4) is 27.7 Å². The topological polar surface area (TPSA) is 101 Å². The fourth-order valence-electron chi connectivity index (χ4n) is 5.08. The summed E-state index contributed by atoms with van der Waals surface area (Å²) in [4.78, 5) is 31.4. The van der Waals surface area contributed by atoms with Gasteiger partial charge in [0.1, 0.15) is 17.2 Å². The van der Waals surface area contributed by atoms with Gasteiger partial charge in [-0.1, -0.05) is 6.07 Å². The number of benzene rings is 4. The van der Waals surface area contributed by atoms with Crippen molar-refractivity contribution >= 4 is 38.8 Å². The van der Waals surface area contributed by atoms with Gasteiger partial charge in [-0.05, 0) is 90.5 Å². The number of nitrogens with zero attached hydrogens (tertiary/aromatic N) is 2. The summed E-state index contributed by atoms with van der Waals surface area (Å²) >= 11 is 1.43. The molecule has 8 heteroatoms. The summed E-state index contributed by atoms with van der Waals surface area (Å²) in [5.41, 5.74) is 3.38. The number of fused-ring (bicyclic) bond motifs is 1. The maximum atomic E-state index is 13.9. The van der Waals surface area contributed by atoms with Crippen LogP contribution in [0.1, 0.15) is 26.3 Å². The molecule has 5 aromatic rings. The molecule has 6 rings (SSSR count). The molecule has 1 aliphatic rings. The lowest BCUT2D eigenvalue weighted by molar-refractivity contribution is 0.0746. The first-order chi connectivity index (χ1) is 19.4. The number of amides is 1. The van der Waals surface area contributed by atoms with Crippen molar-refractivity contribution < 1.29 is 24.9 Å². The van der Waals surface area contributed by atoms with Gasteiger partial charge in [-0.15, -0.1) is 11.3 Å². The van der Waals surface area contributed by atoms with E-state index in [0.717, 1.165) is 26.2 Å². The van der Waals surface area contributed by atoms with Crippen molar-refractivity contribution in [1.82, 2.24) is 4.90 Å². The Kier molecular flexibility index (Phi) is 6.61. The average molecular weight is 551 g/mol. The summed E-state index contributed by atoms with van der Waals surface area (Å²) < 4.78 is 0.807. The second kappa shape index (κ2) is 10.4. The molecule has 0 unspecified atom stereocenters. The van der Waals surface area contributed by atoms with Crippen LogP contribution < -0.4 is 4.90 Å². The third-order valence-electron chi connectivity index (χ3n) is 7.18. The maximum absolute atomic E-state index is 13.9. The highest BCUT2D eigenvalue weighted by molar-refractivity contribution is 7.22. The minimum atomic E-state index is -0.118. The third kappa shape index (κ3) is 4.85. The number of phenols is 3. The quantitative estimate of drug-likeness (QED) is 0.236. The van der Waals surface area contributed by atoms with Gasteiger partial charge < -0.3 is 25.1 Å². The zero-order valence-electron chi connectivity index (χ0n) is 21.4. The number of aromatic hydroxyl groups is 3. The van der Waals surface area contributed by atoms with E-state index in [2.05, 4.69) is 4.90 Å². The van der Waals surface area contributed by atoms with E-state index in [0.29, 0.717) is 42.9 Å². The van der Waals surface area contributed by atoms with E-state index in [9.17, 15) is 24.9 Å². The number of rotatable bonds is 5. The lowest BCUT2D eigenvalue weighted by atomic mass is 9.97. The van der Waals surface area contributed by atoms with Gasteiger partial charge in [0.2, 0.25) is 0 Å². The van der Waals surface area contributed by atoms with Crippen LogP contribution in [0.5, 0.6) is 17.2 Å². The van der Waals surface area contributed by atoms with Crippen LogP contribution in [0, 0.1) is 0 Å². The number of piperazine rings is 1. The molecule has 1 saturated heterocycles. The fraction of sp³-hybridized carbons (Fsp3) is 0.125. The average Bonchev–Trinajstić information content (AvgIpc) is 3.35. The van der Waals surface area contributed by atoms with E-state index >= 15 is 0 Å². The maximum Gasteiger partial charge on any atom is 0.254 e. The zero-order chi connectivity index (χ0) is 27.8. The fourth-order valence-corrected chi connectivity index (χ4v) is 6.32. The van der Waals surface area contributed by atoms with E-state index in [-0.39, 0.29) is 28.9 Å². The molecule has 0 bridgehead atoms. The number of hydrogen-bond donors (Lipinski definition) is 3. The Hall–Kier alpha value is -4.82. The number of carbonyl (C=O) groups is 2. The predicted octanol–water partition coefficient (Wildman–Crippen LogP) is 5.88. The van der Waals surface area contributed by atoms with Crippen molar-refractivity contribution in [2.45, 2.75) is 0 Å². The van der Waals surface area contributed by atoms with Crippen molar-refractivity contribution in [3.05, 3.63) is 108 Å². The van der Waals surface area contributed by atoms with Crippen molar-refractivity contribution in [2.24, 2.45) is 0 Å². The highest BCUT2D eigenvalue weighted by Gasteiger charge is 2.24. The molecular weight excluding hydrogens is 524 g/mol. The van der Waals surface area contributed by atoms with Gasteiger partial charge in [-0.2, -0.15) is 0 Å². The SMILES string of the molecule is O=C(c1ccc(N2CCN(C(=O)c3cccc(O)c3)CC2)cc1)c1c(-c2ccc(O)cc2)sc2cc(O)ccc12. The first kappa shape index (κ1) is 25.5. The van der Waals surface area contributed by atoms with Crippen LogP contribution in [0.4, 0.5) is 5.69 Å². The van der Waals surface area contributed by atoms with Crippen LogP contribution in [0.15, 0.2) is 91.0 Å². The zero-order valence-corrected chi connectivity index (χ0v) is 22.3. The molecule has 1 aromatic heterocycles. The molecule has 4 aromatic carbocycles. The largest absolute Gasteiger partial charge is 0.508 e. The lowest BCUT2D eigenvalue weighted by Crippen LogP contribution is -2.48. The lowest BCUT2D eigenvalue weighted by Gasteiger charge is -2.36. The third-order valence-corrected chi connectivity index (χ3v) is 8.39. The summed E-state index contributed by atoms with van der Waals surface area (Å²) in [6.45, 7) is 2.42. The second-order valence-corrected chi connectivity index (χ2v) is 10.8. The summed E-state index contributed by atoms with van der Waals surface area (Å²) in [7, 11) is 0. The Balaban J connectivity index is 1.22. The minimum absolute atomic E-state index is 0.0721. The molecule has 1 fully saturated rings. The van der Waals surface area contributed by atoms with Crippen LogP contribution in [0.25, 0.3) is 20.5 Å². The molecule has 200 valence electrons. The van der Waals surface area contributed by atoms with Crippen LogP contribution in [0.3, 0.4) is 0 Å². The van der Waals surface area contributed by atoms with Gasteiger partial charge in [0.05, 0.1) is 0 Å². The highest BCUT2D eigenvalue weighted by atomic mass is 32.1. The van der Waals surface area contributed by atoms with Gasteiger partial charge in [-0.3, -0.25) is 9.59 Å². The number of ketones is 1. The van der Waals surface area contributed by atoms with Crippen molar-refractivity contribution in [3.63, 3.8) is 0 Å². The molecule has 0 spiro atoms. The van der Waals surface area contributed by atoms with Gasteiger partial charge in [0, 0.05) is 63.5 Å². The van der Waals surface area contributed by atoms with Gasteiger partial charge in [-0.25, -0.2) is 0 Å². The molecule has 40 heavy (non-hydrogen) atoms. The summed E-state index contributed by atoms with van der Waals surface area (Å²) in [6, 6.07) is 25.7. The smallest absolute Gasteiger partial charge is 0.254 e. The van der Waals surface area contributed by atoms with Crippen molar-refractivity contribution in [2.75, 3.05) is 31.1 Å². The summed E-state index contributed by atoms with van der Waals surface area (Å²) in [6.07, 6.45) is 0. The molecule has 0 aliphatic carbocycles. The standard InChI is InChI=1S/C32H26N2O5S/c35-24-10-6-21(7-11-24)31-29(27-13-12-26(37)19-28(27)40-31)30(38)20-4-8-23(9-5-20)33-14-16-34(17-15-33)32(39)22-2-1-3-25(36)18-22/h1-13,18-19,35-37H,14-17H2. The van der Waals surface area contributed by atoms with Crippen LogP contribution in [-0.2, 0) is 0 Å². The Morgan fingerprint density at radius 1 is 0.675 bits per heavy atom. The molecule has 3 N–H and O–H groups in total. The number of thiophene rings is 1. The van der Waals surface area contributed by atoms with Gasteiger partial charge in [0.25, 0.3) is 5.91 Å². The summed E-state index contributed by atoms with van der Waals surface area (Å²) in [5, 5.41) is 30.2. The van der Waals surface area contributed by atoms with E-state index < -0.39 is 0 Å². The number of anilines is 1. The number of carbonyl (C=O) groups excluding carboxylic acids is 2. The number of hydrogen-bond acceptors (Lipinski definition) is 7. The normalized spacial score (nSPS) is 13.5. The van der Waals surface area contributed by atoms with Crippen LogP contribution in [0.2, 0.25) is 0 Å². The van der Waals surface area contributed by atoms with Crippen LogP contribution >= 0.6 is 11.3 Å². The van der Waals surface area contributed by atoms with E-state index in [4.69, 9.17) is 0 Å². The molecule has 7 nitrogen and oxygen atoms in total. The summed E-state index contributed by atoms with van der Waals surface area (Å²) in [5.74, 6) is 0.141. The first-order valence-electron chi connectivity index (χ1n) is 12.9. The molecule has 1 aliphatic heterocycles. The van der Waals surface area contributed by atoms with E-state index in [1.165, 1.54) is 17.4 Å². The minimum Gasteiger partial charge on any atom is -0.508 e. The van der Waals surface area contributed by atoms with Crippen molar-refractivity contribution in [1.29, 1.82) is 0 Å². The molecule has 0 saturated carbocycles. The first-order valence-corrected chi connectivity index (χ1v) is 13.7. The van der Waals surface area contributed by atoms with Crippen LogP contribution in [-0.4, -0.2) is 58.1 Å². The molecular formula is C32H26N2O5S. The monoisotopic (exact) mass is 550 g/mol. The molecule has 1 amide bonds. The Morgan fingerprint density at radius 3 is 2.05 bits per heavy atom. The molecule has 2 heterocycles. The predicted molar refractivity (Wildman–Crippen MR) is 157 cm³/mol. The second-order valence-electron chi connectivity index (χ2n) is 9.74. The highest BCUT2D eigenvalue weighted by Crippen LogP contribution is 2.41. The van der Waals surface area contributed by atoms with E-state index in [1.54, 1.807) is 65.6 Å². The molecule has 0 atom stereocenters. The van der Waals surface area contributed by atoms with E-state index in [1.807, 2.05) is 24.3 Å². The van der Waals surface area contributed by atoms with Gasteiger partial charge >= 0.3 is 0 Å². The Bertz CT molecular complexity index is 1720. The van der Waals surface area contributed by atoms with Gasteiger partial charge in [0.15, 0.2) is 5.78 Å². The Morgan fingerprint density at radius 2 is 1.35 bits per heavy atom. The Labute approximate surface area is 234 Å².